The quantitative estimate of drug-likeness (QED) is 0.766. The van der Waals surface area contributed by atoms with Gasteiger partial charge in [-0.15, -0.1) is 0 Å². The van der Waals surface area contributed by atoms with Crippen molar-refractivity contribution >= 4 is 20.9 Å². The summed E-state index contributed by atoms with van der Waals surface area (Å²) in [5, 5.41) is 11.0. The lowest BCUT2D eigenvalue weighted by atomic mass is 10.1. The van der Waals surface area contributed by atoms with E-state index in [4.69, 9.17) is 0 Å². The fourth-order valence-corrected chi connectivity index (χ4v) is 2.17. The van der Waals surface area contributed by atoms with Gasteiger partial charge >= 0.3 is 10.1 Å². The Morgan fingerprint density at radius 2 is 1.81 bits per heavy atom. The third kappa shape index (κ3) is 1.63. The number of fused-ring (bicyclic) bond motifs is 1. The zero-order valence-electron chi connectivity index (χ0n) is 8.12. The highest BCUT2D eigenvalue weighted by Gasteiger charge is 2.20. The highest BCUT2D eigenvalue weighted by Crippen LogP contribution is 2.31. The highest BCUT2D eigenvalue weighted by molar-refractivity contribution is 7.86. The lowest BCUT2D eigenvalue weighted by molar-refractivity contribution is 0.330. The zero-order valence-corrected chi connectivity index (χ0v) is 8.94. The first kappa shape index (κ1) is 10.9. The molecule has 0 atom stereocenters. The molecule has 84 valence electrons. The topological polar surface area (TPSA) is 89.6 Å². The Hall–Kier alpha value is -1.63. The van der Waals surface area contributed by atoms with Crippen LogP contribution in [-0.4, -0.2) is 13.5 Å². The van der Waals surface area contributed by atoms with E-state index in [1.54, 1.807) is 30.3 Å². The number of benzene rings is 2. The number of phenolic OH excluding ortho intramolecular Hbond substituents is 1. The molecule has 0 saturated carbocycles. The van der Waals surface area contributed by atoms with Crippen molar-refractivity contribution in [2.24, 2.45) is 5.90 Å². The summed E-state index contributed by atoms with van der Waals surface area (Å²) in [6.07, 6.45) is 0. The van der Waals surface area contributed by atoms with Crippen molar-refractivity contribution in [2.45, 2.75) is 4.90 Å². The molecule has 0 aliphatic heterocycles. The number of rotatable bonds is 2. The van der Waals surface area contributed by atoms with Crippen molar-refractivity contribution in [3.05, 3.63) is 36.4 Å². The predicted octanol–water partition coefficient (Wildman–Crippen LogP) is 1.12. The third-order valence-corrected chi connectivity index (χ3v) is 3.38. The number of aromatic hydroxyl groups is 1. The fraction of sp³-hybridized carbons (Fsp3) is 0. The molecule has 3 N–H and O–H groups in total. The molecule has 0 bridgehead atoms. The maximum atomic E-state index is 11.4. The van der Waals surface area contributed by atoms with Gasteiger partial charge in [-0.3, -0.25) is 0 Å². The fourth-order valence-electron chi connectivity index (χ4n) is 1.49. The van der Waals surface area contributed by atoms with Crippen molar-refractivity contribution in [2.75, 3.05) is 0 Å². The van der Waals surface area contributed by atoms with Crippen LogP contribution in [0.4, 0.5) is 0 Å². The third-order valence-electron chi connectivity index (χ3n) is 2.26. The molecule has 0 aliphatic carbocycles. The van der Waals surface area contributed by atoms with E-state index in [0.29, 0.717) is 5.39 Å². The minimum Gasteiger partial charge on any atom is -0.506 e. The van der Waals surface area contributed by atoms with Crippen molar-refractivity contribution in [3.63, 3.8) is 0 Å². The van der Waals surface area contributed by atoms with Crippen LogP contribution >= 0.6 is 0 Å². The van der Waals surface area contributed by atoms with Gasteiger partial charge < -0.3 is 5.11 Å². The highest BCUT2D eigenvalue weighted by atomic mass is 32.2. The molecule has 0 amide bonds. The average molecular weight is 239 g/mol. The molecule has 2 aromatic carbocycles. The molecule has 0 aromatic heterocycles. The molecule has 0 radical (unpaired) electrons. The second-order valence-corrected chi connectivity index (χ2v) is 4.72. The van der Waals surface area contributed by atoms with Gasteiger partial charge in [0.2, 0.25) is 0 Å². The Bertz CT molecular complexity index is 636. The number of phenols is 1. The maximum absolute atomic E-state index is 11.4. The van der Waals surface area contributed by atoms with E-state index < -0.39 is 10.1 Å². The molecule has 6 heteroatoms. The van der Waals surface area contributed by atoms with Gasteiger partial charge in [-0.05, 0) is 11.5 Å². The number of hydrogen-bond acceptors (Lipinski definition) is 5. The molecule has 5 nitrogen and oxygen atoms in total. The molecule has 2 rings (SSSR count). The smallest absolute Gasteiger partial charge is 0.316 e. The Morgan fingerprint density at radius 3 is 2.50 bits per heavy atom. The van der Waals surface area contributed by atoms with Crippen molar-refractivity contribution in [1.29, 1.82) is 0 Å². The zero-order chi connectivity index (χ0) is 11.8. The average Bonchev–Trinajstić information content (AvgIpc) is 2.29. The SMILES string of the molecule is NOS(=O)(=O)c1ccc2ccccc2c1O. The van der Waals surface area contributed by atoms with E-state index in [1.807, 2.05) is 0 Å². The van der Waals surface area contributed by atoms with Crippen LogP contribution in [0.25, 0.3) is 10.8 Å². The van der Waals surface area contributed by atoms with E-state index in [-0.39, 0.29) is 10.6 Å². The van der Waals surface area contributed by atoms with Gasteiger partial charge in [0.15, 0.2) is 0 Å². The summed E-state index contributed by atoms with van der Waals surface area (Å²) in [5.41, 5.74) is 0. The number of hydrogen-bond donors (Lipinski definition) is 2. The van der Waals surface area contributed by atoms with Gasteiger partial charge in [0.25, 0.3) is 0 Å². The predicted molar refractivity (Wildman–Crippen MR) is 58.1 cm³/mol. The first-order valence-corrected chi connectivity index (χ1v) is 5.81. The van der Waals surface area contributed by atoms with Crippen LogP contribution in [0.2, 0.25) is 0 Å². The van der Waals surface area contributed by atoms with Crippen molar-refractivity contribution in [3.8, 4) is 5.75 Å². The van der Waals surface area contributed by atoms with E-state index in [2.05, 4.69) is 10.2 Å². The minimum atomic E-state index is -4.09. The normalized spacial score (nSPS) is 11.8. The summed E-state index contributed by atoms with van der Waals surface area (Å²) in [6.45, 7) is 0. The molecular weight excluding hydrogens is 230 g/mol. The number of nitrogens with two attached hydrogens (primary N) is 1. The van der Waals surface area contributed by atoms with E-state index in [1.165, 1.54) is 6.07 Å². The molecular formula is C10H9NO4S. The molecule has 0 fully saturated rings. The van der Waals surface area contributed by atoms with Gasteiger partial charge in [-0.25, -0.2) is 0 Å². The van der Waals surface area contributed by atoms with Crippen molar-refractivity contribution < 1.29 is 17.8 Å². The van der Waals surface area contributed by atoms with Crippen molar-refractivity contribution in [1.82, 2.24) is 0 Å². The van der Waals surface area contributed by atoms with Gasteiger partial charge in [0.05, 0.1) is 0 Å². The molecule has 0 aliphatic rings. The van der Waals surface area contributed by atoms with Crippen LogP contribution in [0.5, 0.6) is 5.75 Å². The largest absolute Gasteiger partial charge is 0.506 e. The van der Waals surface area contributed by atoms with Gasteiger partial charge in [-0.2, -0.15) is 18.6 Å². The summed E-state index contributed by atoms with van der Waals surface area (Å²) in [7, 11) is -4.09. The second kappa shape index (κ2) is 3.75. The molecule has 0 saturated heterocycles. The van der Waals surface area contributed by atoms with Gasteiger partial charge in [0.1, 0.15) is 10.6 Å². The summed E-state index contributed by atoms with van der Waals surface area (Å²) in [4.78, 5) is -0.339. The van der Waals surface area contributed by atoms with Crippen LogP contribution in [-0.2, 0) is 14.4 Å². The van der Waals surface area contributed by atoms with Gasteiger partial charge in [0, 0.05) is 5.39 Å². The molecule has 16 heavy (non-hydrogen) atoms. The van der Waals surface area contributed by atoms with Crippen LogP contribution in [0.15, 0.2) is 41.3 Å². The summed E-state index contributed by atoms with van der Waals surface area (Å²) in [6, 6.07) is 9.67. The monoisotopic (exact) mass is 239 g/mol. The maximum Gasteiger partial charge on any atom is 0.316 e. The Kier molecular flexibility index (Phi) is 2.55. The minimum absolute atomic E-state index is 0.339. The molecule has 0 spiro atoms. The Labute approximate surface area is 92.1 Å². The molecule has 2 aromatic rings. The second-order valence-electron chi connectivity index (χ2n) is 3.18. The Morgan fingerprint density at radius 1 is 1.12 bits per heavy atom. The van der Waals surface area contributed by atoms with E-state index in [0.717, 1.165) is 5.39 Å². The lowest BCUT2D eigenvalue weighted by Crippen LogP contribution is -2.11. The molecule has 0 heterocycles. The van der Waals surface area contributed by atoms with Crippen LogP contribution in [0.1, 0.15) is 0 Å². The summed E-state index contributed by atoms with van der Waals surface area (Å²) >= 11 is 0. The summed E-state index contributed by atoms with van der Waals surface area (Å²) < 4.78 is 26.6. The first-order chi connectivity index (χ1) is 7.56. The summed E-state index contributed by atoms with van der Waals surface area (Å²) in [5.74, 6) is 4.29. The van der Waals surface area contributed by atoms with Crippen LogP contribution in [0, 0.1) is 0 Å². The molecule has 0 unspecified atom stereocenters. The lowest BCUT2D eigenvalue weighted by Gasteiger charge is -2.06. The van der Waals surface area contributed by atoms with E-state index in [9.17, 15) is 13.5 Å². The van der Waals surface area contributed by atoms with Crippen LogP contribution in [0.3, 0.4) is 0 Å². The Balaban J connectivity index is 2.80. The van der Waals surface area contributed by atoms with Gasteiger partial charge in [-0.1, -0.05) is 30.3 Å². The van der Waals surface area contributed by atoms with Crippen LogP contribution < -0.4 is 5.90 Å². The van der Waals surface area contributed by atoms with E-state index >= 15 is 0 Å². The first-order valence-electron chi connectivity index (χ1n) is 4.40. The standard InChI is InChI=1S/C10H9NO4S/c11-15-16(13,14)9-6-5-7-3-1-2-4-8(7)10(9)12/h1-6,12H,11H2.